The van der Waals surface area contributed by atoms with Crippen molar-refractivity contribution < 1.29 is 9.18 Å². The number of piperidine rings is 1. The summed E-state index contributed by atoms with van der Waals surface area (Å²) in [7, 11) is 0. The van der Waals surface area contributed by atoms with E-state index in [-0.39, 0.29) is 11.6 Å². The van der Waals surface area contributed by atoms with Gasteiger partial charge in [0.1, 0.15) is 11.6 Å². The molecule has 4 aromatic rings. The summed E-state index contributed by atoms with van der Waals surface area (Å²) in [5.41, 5.74) is 2.28. The Morgan fingerprint density at radius 2 is 1.97 bits per heavy atom. The fourth-order valence-corrected chi connectivity index (χ4v) is 4.59. The average molecular weight is 471 g/mol. The summed E-state index contributed by atoms with van der Waals surface area (Å²) in [5, 5.41) is 8.27. The van der Waals surface area contributed by atoms with Gasteiger partial charge in [-0.3, -0.25) is 9.69 Å². The highest BCUT2D eigenvalue weighted by Gasteiger charge is 2.31. The van der Waals surface area contributed by atoms with E-state index >= 15 is 4.39 Å². The van der Waals surface area contributed by atoms with Crippen LogP contribution >= 0.6 is 0 Å². The molecule has 0 aliphatic carbocycles. The predicted molar refractivity (Wildman–Crippen MR) is 136 cm³/mol. The first-order chi connectivity index (χ1) is 17.0. The molecule has 1 atom stereocenters. The van der Waals surface area contributed by atoms with Crippen LogP contribution in [0, 0.1) is 19.7 Å². The van der Waals surface area contributed by atoms with Crippen LogP contribution in [0.4, 0.5) is 21.8 Å². The molecule has 1 aliphatic heterocycles. The second-order valence-electron chi connectivity index (χ2n) is 8.82. The third kappa shape index (κ3) is 4.70. The van der Waals surface area contributed by atoms with Crippen LogP contribution in [0.5, 0.6) is 0 Å². The van der Waals surface area contributed by atoms with Crippen LogP contribution < -0.4 is 15.5 Å². The number of nitrogens with one attached hydrogen (secondary N) is 2. The maximum atomic E-state index is 15.4. The second kappa shape index (κ2) is 9.76. The lowest BCUT2D eigenvalue weighted by molar-refractivity contribution is 0.0968. The number of pyridine rings is 1. The number of anilines is 3. The van der Waals surface area contributed by atoms with Crippen LogP contribution in [0.2, 0.25) is 0 Å². The maximum Gasteiger partial charge on any atom is 0.262 e. The number of nitrogens with zero attached hydrogens (tertiary/aromatic N) is 4. The zero-order valence-corrected chi connectivity index (χ0v) is 19.8. The Morgan fingerprint density at radius 1 is 1.11 bits per heavy atom. The largest absolute Gasteiger partial charge is 0.324 e. The van der Waals surface area contributed by atoms with Crippen molar-refractivity contribution in [3.8, 4) is 0 Å². The molecule has 1 aliphatic rings. The number of rotatable bonds is 5. The minimum Gasteiger partial charge on any atom is -0.324 e. The molecule has 178 valence electrons. The molecule has 1 fully saturated rings. The molecule has 3 heterocycles. The summed E-state index contributed by atoms with van der Waals surface area (Å²) in [5.74, 6) is -0.0842. The third-order valence-corrected chi connectivity index (χ3v) is 6.31. The van der Waals surface area contributed by atoms with Crippen LogP contribution in [-0.4, -0.2) is 40.0 Å². The molecule has 8 heteroatoms. The monoisotopic (exact) mass is 470 g/mol. The minimum atomic E-state index is -0.613. The zero-order valence-electron chi connectivity index (χ0n) is 19.8. The van der Waals surface area contributed by atoms with Gasteiger partial charge in [-0.1, -0.05) is 18.2 Å². The van der Waals surface area contributed by atoms with Crippen LogP contribution in [0.3, 0.4) is 0 Å². The molecular formula is C27H27FN6O. The summed E-state index contributed by atoms with van der Waals surface area (Å²) < 4.78 is 15.4. The smallest absolute Gasteiger partial charge is 0.262 e. The first-order valence-electron chi connectivity index (χ1n) is 11.8. The van der Waals surface area contributed by atoms with Crippen molar-refractivity contribution in [2.45, 2.75) is 32.7 Å². The number of aryl methyl sites for hydroxylation is 2. The van der Waals surface area contributed by atoms with Crippen molar-refractivity contribution in [2.24, 2.45) is 0 Å². The quantitative estimate of drug-likeness (QED) is 0.431. The lowest BCUT2D eigenvalue weighted by atomic mass is 10.0. The van der Waals surface area contributed by atoms with Crippen LogP contribution in [0.15, 0.2) is 60.9 Å². The van der Waals surface area contributed by atoms with E-state index in [4.69, 9.17) is 0 Å². The van der Waals surface area contributed by atoms with Gasteiger partial charge in [0, 0.05) is 35.7 Å². The van der Waals surface area contributed by atoms with Crippen molar-refractivity contribution in [1.29, 1.82) is 0 Å². The first kappa shape index (κ1) is 22.9. The van der Waals surface area contributed by atoms with E-state index in [1.165, 1.54) is 12.1 Å². The third-order valence-electron chi connectivity index (χ3n) is 6.31. The Balaban J connectivity index is 1.53. The molecule has 2 aromatic carbocycles. The van der Waals surface area contributed by atoms with Crippen LogP contribution in [0.25, 0.3) is 10.8 Å². The molecule has 0 bridgehead atoms. The second-order valence-corrected chi connectivity index (χ2v) is 8.82. The fraction of sp³-hybridized carbons (Fsp3) is 0.259. The molecule has 0 unspecified atom stereocenters. The molecule has 1 saturated heterocycles. The van der Waals surface area contributed by atoms with E-state index in [1.54, 1.807) is 29.4 Å². The molecule has 1 amide bonds. The molecule has 2 N–H and O–H groups in total. The number of benzene rings is 2. The Morgan fingerprint density at radius 3 is 2.74 bits per heavy atom. The van der Waals surface area contributed by atoms with Gasteiger partial charge >= 0.3 is 0 Å². The van der Waals surface area contributed by atoms with Gasteiger partial charge in [0.15, 0.2) is 0 Å². The van der Waals surface area contributed by atoms with E-state index in [1.807, 2.05) is 38.1 Å². The number of aromatic nitrogens is 3. The number of carbonyl (C=O) groups excluding carboxylic acids is 1. The van der Waals surface area contributed by atoms with E-state index < -0.39 is 11.7 Å². The summed E-state index contributed by atoms with van der Waals surface area (Å²) in [6.07, 6.45) is 5.09. The Bertz CT molecular complexity index is 1380. The van der Waals surface area contributed by atoms with Crippen molar-refractivity contribution >= 4 is 34.1 Å². The van der Waals surface area contributed by atoms with Gasteiger partial charge < -0.3 is 10.6 Å². The van der Waals surface area contributed by atoms with Crippen LogP contribution in [-0.2, 0) is 0 Å². The molecule has 0 radical (unpaired) electrons. The molecule has 5 rings (SSSR count). The average Bonchev–Trinajstić information content (AvgIpc) is 2.85. The van der Waals surface area contributed by atoms with Crippen molar-refractivity contribution in [3.63, 3.8) is 0 Å². The highest BCUT2D eigenvalue weighted by molar-refractivity contribution is 6.11. The zero-order chi connectivity index (χ0) is 24.4. The normalized spacial score (nSPS) is 15.7. The summed E-state index contributed by atoms with van der Waals surface area (Å²) in [4.78, 5) is 28.7. The standard InChI is InChI=1S/C27H27FN6O/c1-17-5-3-6-19-11-14-30-25(24(17)19)34(21-7-4-12-29-16-21)26(35)22-9-8-20(15-23(22)28)33-27-31-13-10-18(2)32-27/h3,5-6,8-11,13-15,21,29H,4,7,12,16H2,1-2H3,(H,31,32,33)/t21-/m1/s1. The van der Waals surface area contributed by atoms with Gasteiger partial charge in [-0.25, -0.2) is 19.3 Å². The Kier molecular flexibility index (Phi) is 6.37. The SMILES string of the molecule is Cc1ccnc(Nc2ccc(C(=O)N(c3nccc4cccc(C)c34)[C@@H]3CCCNC3)c(F)c2)n1. The maximum absolute atomic E-state index is 15.4. The number of amides is 1. The lowest BCUT2D eigenvalue weighted by Gasteiger charge is -2.35. The highest BCUT2D eigenvalue weighted by Crippen LogP contribution is 2.32. The van der Waals surface area contributed by atoms with E-state index in [2.05, 4.69) is 25.6 Å². The molecule has 0 saturated carbocycles. The molecular weight excluding hydrogens is 443 g/mol. The van der Waals surface area contributed by atoms with Gasteiger partial charge in [0.05, 0.1) is 11.6 Å². The topological polar surface area (TPSA) is 83.0 Å². The molecule has 0 spiro atoms. The number of hydrogen-bond acceptors (Lipinski definition) is 6. The summed E-state index contributed by atoms with van der Waals surface area (Å²) in [6, 6.07) is 14.1. The van der Waals surface area contributed by atoms with E-state index in [0.717, 1.165) is 41.4 Å². The molecule has 2 aromatic heterocycles. The van der Waals surface area contributed by atoms with Gasteiger partial charge in [-0.15, -0.1) is 0 Å². The summed E-state index contributed by atoms with van der Waals surface area (Å²) >= 11 is 0. The van der Waals surface area contributed by atoms with Gasteiger partial charge in [-0.05, 0) is 74.5 Å². The lowest BCUT2D eigenvalue weighted by Crippen LogP contribution is -2.49. The van der Waals surface area contributed by atoms with Gasteiger partial charge in [0.25, 0.3) is 5.91 Å². The fourth-order valence-electron chi connectivity index (χ4n) is 4.59. The highest BCUT2D eigenvalue weighted by atomic mass is 19.1. The van der Waals surface area contributed by atoms with E-state index in [0.29, 0.717) is 24.0 Å². The minimum absolute atomic E-state index is 0.00123. The van der Waals surface area contributed by atoms with Crippen molar-refractivity contribution in [2.75, 3.05) is 23.3 Å². The Hall–Kier alpha value is -3.91. The first-order valence-corrected chi connectivity index (χ1v) is 11.8. The molecule has 7 nitrogen and oxygen atoms in total. The summed E-state index contributed by atoms with van der Waals surface area (Å²) in [6.45, 7) is 5.38. The number of carbonyl (C=O) groups is 1. The van der Waals surface area contributed by atoms with Gasteiger partial charge in [0.2, 0.25) is 5.95 Å². The Labute approximate surface area is 203 Å². The van der Waals surface area contributed by atoms with Gasteiger partial charge in [-0.2, -0.15) is 0 Å². The van der Waals surface area contributed by atoms with Crippen molar-refractivity contribution in [3.05, 3.63) is 83.6 Å². The number of fused-ring (bicyclic) bond motifs is 1. The number of hydrogen-bond donors (Lipinski definition) is 2. The van der Waals surface area contributed by atoms with Crippen molar-refractivity contribution in [1.82, 2.24) is 20.3 Å². The predicted octanol–water partition coefficient (Wildman–Crippen LogP) is 4.92. The molecule has 35 heavy (non-hydrogen) atoms. The number of halogens is 1. The van der Waals surface area contributed by atoms with Crippen LogP contribution in [0.1, 0.15) is 34.5 Å². The van der Waals surface area contributed by atoms with E-state index in [9.17, 15) is 4.79 Å².